The molecule has 96 valence electrons. The van der Waals surface area contributed by atoms with Crippen molar-refractivity contribution in [1.29, 1.82) is 0 Å². The highest BCUT2D eigenvalue weighted by atomic mass is 16.5. The third kappa shape index (κ3) is 5.22. The predicted molar refractivity (Wildman–Crippen MR) is 73.5 cm³/mol. The van der Waals surface area contributed by atoms with Gasteiger partial charge in [-0.05, 0) is 58.4 Å². The largest absolute Gasteiger partial charge is 0.488 e. The lowest BCUT2D eigenvalue weighted by molar-refractivity contribution is 0.130. The third-order valence-electron chi connectivity index (χ3n) is 2.48. The lowest BCUT2D eigenvalue weighted by Crippen LogP contribution is -2.23. The maximum atomic E-state index is 5.87. The van der Waals surface area contributed by atoms with Gasteiger partial charge in [-0.2, -0.15) is 0 Å². The van der Waals surface area contributed by atoms with Crippen molar-refractivity contribution >= 4 is 0 Å². The third-order valence-corrected chi connectivity index (χ3v) is 2.48. The highest BCUT2D eigenvalue weighted by Gasteiger charge is 2.12. The molecular formula is C15H25NO. The summed E-state index contributed by atoms with van der Waals surface area (Å²) < 4.78 is 5.87. The first-order valence-corrected chi connectivity index (χ1v) is 6.44. The van der Waals surface area contributed by atoms with E-state index in [2.05, 4.69) is 58.1 Å². The van der Waals surface area contributed by atoms with Gasteiger partial charge in [-0.15, -0.1) is 0 Å². The lowest BCUT2D eigenvalue weighted by atomic mass is 10.1. The number of rotatable bonds is 5. The summed E-state index contributed by atoms with van der Waals surface area (Å²) in [6, 6.07) is 8.71. The Balaban J connectivity index is 2.71. The van der Waals surface area contributed by atoms with Crippen LogP contribution in [0.2, 0.25) is 0 Å². The van der Waals surface area contributed by atoms with E-state index < -0.39 is 0 Å². The Kier molecular flexibility index (Phi) is 5.01. The van der Waals surface area contributed by atoms with E-state index in [4.69, 9.17) is 4.74 Å². The van der Waals surface area contributed by atoms with Crippen LogP contribution in [0, 0.1) is 0 Å². The zero-order chi connectivity index (χ0) is 12.9. The second-order valence-electron chi connectivity index (χ2n) is 5.46. The first kappa shape index (κ1) is 14.0. The van der Waals surface area contributed by atoms with Gasteiger partial charge in [0, 0.05) is 6.04 Å². The average Bonchev–Trinajstić information content (AvgIpc) is 2.24. The molecule has 1 N–H and O–H groups in total. The van der Waals surface area contributed by atoms with Crippen molar-refractivity contribution in [1.82, 2.24) is 5.32 Å². The van der Waals surface area contributed by atoms with E-state index in [1.807, 2.05) is 6.07 Å². The highest BCUT2D eigenvalue weighted by Crippen LogP contribution is 2.22. The molecule has 0 aliphatic rings. The number of hydrogen-bond donors (Lipinski definition) is 1. The maximum Gasteiger partial charge on any atom is 0.120 e. The zero-order valence-electron chi connectivity index (χ0n) is 11.7. The van der Waals surface area contributed by atoms with Crippen molar-refractivity contribution in [2.45, 2.75) is 52.7 Å². The van der Waals surface area contributed by atoms with E-state index in [0.29, 0.717) is 6.04 Å². The second-order valence-corrected chi connectivity index (χ2v) is 5.46. The summed E-state index contributed by atoms with van der Waals surface area (Å²) in [4.78, 5) is 0. The molecule has 17 heavy (non-hydrogen) atoms. The van der Waals surface area contributed by atoms with E-state index >= 15 is 0 Å². The van der Waals surface area contributed by atoms with E-state index in [9.17, 15) is 0 Å². The molecule has 0 aliphatic carbocycles. The summed E-state index contributed by atoms with van der Waals surface area (Å²) in [7, 11) is 0. The van der Waals surface area contributed by atoms with Crippen molar-refractivity contribution in [3.8, 4) is 5.75 Å². The van der Waals surface area contributed by atoms with Crippen LogP contribution in [-0.2, 0) is 0 Å². The Bertz CT molecular complexity index is 341. The summed E-state index contributed by atoms with van der Waals surface area (Å²) >= 11 is 0. The van der Waals surface area contributed by atoms with E-state index in [0.717, 1.165) is 18.7 Å². The molecule has 1 aromatic carbocycles. The molecule has 0 fully saturated rings. The second kappa shape index (κ2) is 6.06. The standard InChI is InChI=1S/C15H25NO/c1-6-10-16-12(2)13-8-7-9-14(11-13)17-15(3,4)5/h7-9,11-12,16H,6,10H2,1-5H3. The van der Waals surface area contributed by atoms with Crippen LogP contribution in [0.4, 0.5) is 0 Å². The molecule has 0 saturated carbocycles. The number of benzene rings is 1. The fourth-order valence-electron chi connectivity index (χ4n) is 1.68. The van der Waals surface area contributed by atoms with Crippen LogP contribution in [0.3, 0.4) is 0 Å². The van der Waals surface area contributed by atoms with Gasteiger partial charge in [0.1, 0.15) is 11.4 Å². The molecule has 1 aromatic rings. The molecule has 0 saturated heterocycles. The number of ether oxygens (including phenoxy) is 1. The van der Waals surface area contributed by atoms with Gasteiger partial charge in [0.15, 0.2) is 0 Å². The molecule has 2 nitrogen and oxygen atoms in total. The smallest absolute Gasteiger partial charge is 0.120 e. The van der Waals surface area contributed by atoms with Gasteiger partial charge >= 0.3 is 0 Å². The molecule has 0 amide bonds. The summed E-state index contributed by atoms with van der Waals surface area (Å²) in [6.45, 7) is 11.6. The van der Waals surface area contributed by atoms with Crippen molar-refractivity contribution in [2.75, 3.05) is 6.54 Å². The molecule has 0 aromatic heterocycles. The molecule has 1 unspecified atom stereocenters. The van der Waals surface area contributed by atoms with Crippen LogP contribution in [0.25, 0.3) is 0 Å². The molecule has 0 bridgehead atoms. The fraction of sp³-hybridized carbons (Fsp3) is 0.600. The summed E-state index contributed by atoms with van der Waals surface area (Å²) in [5.41, 5.74) is 1.14. The average molecular weight is 235 g/mol. The number of hydrogen-bond acceptors (Lipinski definition) is 2. The summed E-state index contributed by atoms with van der Waals surface area (Å²) in [5.74, 6) is 0.945. The molecule has 0 heterocycles. The van der Waals surface area contributed by atoms with Crippen molar-refractivity contribution < 1.29 is 4.74 Å². The normalized spacial score (nSPS) is 13.5. The molecule has 0 spiro atoms. The molecule has 0 radical (unpaired) electrons. The SMILES string of the molecule is CCCNC(C)c1cccc(OC(C)(C)C)c1. The van der Waals surface area contributed by atoms with Crippen LogP contribution in [0.5, 0.6) is 5.75 Å². The Morgan fingerprint density at radius 2 is 2.00 bits per heavy atom. The van der Waals surface area contributed by atoms with Crippen LogP contribution < -0.4 is 10.1 Å². The van der Waals surface area contributed by atoms with Gasteiger partial charge in [0.2, 0.25) is 0 Å². The molecule has 1 atom stereocenters. The van der Waals surface area contributed by atoms with E-state index in [1.54, 1.807) is 0 Å². The first-order chi connectivity index (χ1) is 7.92. The van der Waals surface area contributed by atoms with Crippen molar-refractivity contribution in [3.05, 3.63) is 29.8 Å². The van der Waals surface area contributed by atoms with Gasteiger partial charge in [0.25, 0.3) is 0 Å². The molecular weight excluding hydrogens is 210 g/mol. The maximum absolute atomic E-state index is 5.87. The van der Waals surface area contributed by atoms with Crippen LogP contribution >= 0.6 is 0 Å². The van der Waals surface area contributed by atoms with Gasteiger partial charge in [-0.3, -0.25) is 0 Å². The minimum atomic E-state index is -0.140. The van der Waals surface area contributed by atoms with Gasteiger partial charge in [0.05, 0.1) is 0 Å². The predicted octanol–water partition coefficient (Wildman–Crippen LogP) is 3.92. The van der Waals surface area contributed by atoms with Gasteiger partial charge < -0.3 is 10.1 Å². The highest BCUT2D eigenvalue weighted by molar-refractivity contribution is 5.30. The minimum Gasteiger partial charge on any atom is -0.488 e. The Morgan fingerprint density at radius 3 is 2.59 bits per heavy atom. The Morgan fingerprint density at radius 1 is 1.29 bits per heavy atom. The topological polar surface area (TPSA) is 21.3 Å². The summed E-state index contributed by atoms with van der Waals surface area (Å²) in [5, 5.41) is 3.48. The number of nitrogens with one attached hydrogen (secondary N) is 1. The lowest BCUT2D eigenvalue weighted by Gasteiger charge is -2.22. The molecule has 1 rings (SSSR count). The molecule has 2 heteroatoms. The van der Waals surface area contributed by atoms with Crippen LogP contribution in [-0.4, -0.2) is 12.1 Å². The fourth-order valence-corrected chi connectivity index (χ4v) is 1.68. The molecule has 0 aliphatic heterocycles. The van der Waals surface area contributed by atoms with Crippen LogP contribution in [0.15, 0.2) is 24.3 Å². The zero-order valence-corrected chi connectivity index (χ0v) is 11.7. The Hall–Kier alpha value is -1.02. The van der Waals surface area contributed by atoms with Crippen molar-refractivity contribution in [2.24, 2.45) is 0 Å². The monoisotopic (exact) mass is 235 g/mol. The minimum absolute atomic E-state index is 0.140. The van der Waals surface area contributed by atoms with Crippen LogP contribution in [0.1, 0.15) is 52.6 Å². The quantitative estimate of drug-likeness (QED) is 0.835. The van der Waals surface area contributed by atoms with E-state index in [-0.39, 0.29) is 5.60 Å². The summed E-state index contributed by atoms with van der Waals surface area (Å²) in [6.07, 6.45) is 1.16. The van der Waals surface area contributed by atoms with Gasteiger partial charge in [-0.25, -0.2) is 0 Å². The first-order valence-electron chi connectivity index (χ1n) is 6.44. The van der Waals surface area contributed by atoms with Gasteiger partial charge in [-0.1, -0.05) is 19.1 Å². The Labute approximate surface area is 105 Å². The van der Waals surface area contributed by atoms with Crippen molar-refractivity contribution in [3.63, 3.8) is 0 Å². The van der Waals surface area contributed by atoms with E-state index in [1.165, 1.54) is 5.56 Å².